The van der Waals surface area contributed by atoms with Crippen LogP contribution >= 0.6 is 0 Å². The summed E-state index contributed by atoms with van der Waals surface area (Å²) in [5.74, 6) is -0.421. The van der Waals surface area contributed by atoms with Crippen LogP contribution in [0.3, 0.4) is 0 Å². The molecule has 0 bridgehead atoms. The lowest BCUT2D eigenvalue weighted by atomic mass is 9.99. The summed E-state index contributed by atoms with van der Waals surface area (Å²) in [5.41, 5.74) is 0.146. The molecule has 1 aromatic heterocycles. The van der Waals surface area contributed by atoms with Crippen LogP contribution in [0.2, 0.25) is 0 Å². The normalized spacial score (nSPS) is 26.1. The van der Waals surface area contributed by atoms with Crippen LogP contribution in [0, 0.1) is 0 Å². The Morgan fingerprint density at radius 3 is 2.35 bits per heavy atom. The standard InChI is InChI=1S/C21H20O10/c22-7-15-18(26)19(27)20(28)21(31-15)30-11-3-1-9(2-4-11)12-8-29-14-6-10(23)5-13(24)16(14)17(12)25/h1-6,8,15,18-24,26-28H,7H2/t15?,18-,19?,20?,21-/m0/s1. The van der Waals surface area contributed by atoms with Gasteiger partial charge in [-0.25, -0.2) is 0 Å². The van der Waals surface area contributed by atoms with E-state index < -0.39 is 48.5 Å². The molecule has 164 valence electrons. The summed E-state index contributed by atoms with van der Waals surface area (Å²) in [6.45, 7) is -0.577. The van der Waals surface area contributed by atoms with Crippen molar-refractivity contribution in [2.45, 2.75) is 30.7 Å². The zero-order valence-corrected chi connectivity index (χ0v) is 16.0. The van der Waals surface area contributed by atoms with Gasteiger partial charge >= 0.3 is 0 Å². The number of fused-ring (bicyclic) bond motifs is 1. The quantitative estimate of drug-likeness (QED) is 0.331. The van der Waals surface area contributed by atoms with Crippen molar-refractivity contribution in [3.8, 4) is 28.4 Å². The maximum absolute atomic E-state index is 12.8. The molecule has 1 fully saturated rings. The molecule has 0 spiro atoms. The summed E-state index contributed by atoms with van der Waals surface area (Å²) in [5, 5.41) is 58.4. The highest BCUT2D eigenvalue weighted by Crippen LogP contribution is 2.30. The van der Waals surface area contributed by atoms with Gasteiger partial charge in [0.25, 0.3) is 0 Å². The topological polar surface area (TPSA) is 170 Å². The minimum absolute atomic E-state index is 0.0359. The molecule has 0 aliphatic carbocycles. The third-order valence-corrected chi connectivity index (χ3v) is 5.11. The van der Waals surface area contributed by atoms with Gasteiger partial charge in [-0.3, -0.25) is 4.79 Å². The second kappa shape index (κ2) is 8.17. The Balaban J connectivity index is 1.59. The van der Waals surface area contributed by atoms with Gasteiger partial charge in [-0.1, -0.05) is 12.1 Å². The molecule has 2 aromatic carbocycles. The predicted molar refractivity (Wildman–Crippen MR) is 106 cm³/mol. The van der Waals surface area contributed by atoms with Crippen molar-refractivity contribution < 1.29 is 44.5 Å². The van der Waals surface area contributed by atoms with Gasteiger partial charge in [-0.15, -0.1) is 0 Å². The molecule has 1 saturated heterocycles. The van der Waals surface area contributed by atoms with Crippen molar-refractivity contribution in [3.63, 3.8) is 0 Å². The summed E-state index contributed by atoms with van der Waals surface area (Å²) >= 11 is 0. The molecule has 10 heteroatoms. The van der Waals surface area contributed by atoms with Crippen molar-refractivity contribution in [1.82, 2.24) is 0 Å². The van der Waals surface area contributed by atoms with Crippen molar-refractivity contribution in [2.24, 2.45) is 0 Å². The molecule has 1 aliphatic rings. The van der Waals surface area contributed by atoms with Crippen molar-refractivity contribution in [2.75, 3.05) is 6.61 Å². The lowest BCUT2D eigenvalue weighted by Gasteiger charge is -2.39. The molecule has 31 heavy (non-hydrogen) atoms. The van der Waals surface area contributed by atoms with Crippen molar-refractivity contribution >= 4 is 11.0 Å². The first-order chi connectivity index (χ1) is 14.8. The molecule has 10 nitrogen and oxygen atoms in total. The van der Waals surface area contributed by atoms with Crippen LogP contribution in [0.25, 0.3) is 22.1 Å². The molecular formula is C21H20O10. The van der Waals surface area contributed by atoms with Crippen LogP contribution in [0.4, 0.5) is 0 Å². The van der Waals surface area contributed by atoms with Gasteiger partial charge in [0.1, 0.15) is 58.9 Å². The van der Waals surface area contributed by atoms with E-state index in [9.17, 15) is 35.4 Å². The first-order valence-electron chi connectivity index (χ1n) is 9.35. The lowest BCUT2D eigenvalue weighted by molar-refractivity contribution is -0.277. The molecule has 0 amide bonds. The Kier molecular flexibility index (Phi) is 5.56. The van der Waals surface area contributed by atoms with Crippen LogP contribution in [0.5, 0.6) is 17.2 Å². The molecule has 3 aromatic rings. The van der Waals surface area contributed by atoms with Crippen molar-refractivity contribution in [1.29, 1.82) is 0 Å². The van der Waals surface area contributed by atoms with Gasteiger partial charge in [0.15, 0.2) is 0 Å². The highest BCUT2D eigenvalue weighted by Gasteiger charge is 2.44. The molecule has 0 radical (unpaired) electrons. The summed E-state index contributed by atoms with van der Waals surface area (Å²) in [6, 6.07) is 8.30. The number of phenols is 2. The minimum atomic E-state index is -1.57. The summed E-state index contributed by atoms with van der Waals surface area (Å²) in [6.07, 6.45) is -5.84. The molecular weight excluding hydrogens is 412 g/mol. The minimum Gasteiger partial charge on any atom is -0.508 e. The Bertz CT molecular complexity index is 1140. The van der Waals surface area contributed by atoms with Crippen LogP contribution in [-0.2, 0) is 4.74 Å². The van der Waals surface area contributed by atoms with Crippen molar-refractivity contribution in [3.05, 3.63) is 52.9 Å². The number of hydrogen-bond acceptors (Lipinski definition) is 10. The molecule has 3 unspecified atom stereocenters. The van der Waals surface area contributed by atoms with E-state index in [-0.39, 0.29) is 28.0 Å². The van der Waals surface area contributed by atoms with Gasteiger partial charge in [-0.2, -0.15) is 0 Å². The second-order valence-corrected chi connectivity index (χ2v) is 7.16. The van der Waals surface area contributed by atoms with Crippen LogP contribution in [0.1, 0.15) is 0 Å². The van der Waals surface area contributed by atoms with Gasteiger partial charge in [0.2, 0.25) is 11.7 Å². The molecule has 4 rings (SSSR count). The highest BCUT2D eigenvalue weighted by atomic mass is 16.7. The summed E-state index contributed by atoms with van der Waals surface area (Å²) < 4.78 is 16.2. The smallest absolute Gasteiger partial charge is 0.229 e. The number of hydrogen-bond donors (Lipinski definition) is 6. The van der Waals surface area contributed by atoms with E-state index in [2.05, 4.69) is 0 Å². The van der Waals surface area contributed by atoms with E-state index >= 15 is 0 Å². The maximum atomic E-state index is 12.8. The summed E-state index contributed by atoms with van der Waals surface area (Å²) in [7, 11) is 0. The molecule has 0 saturated carbocycles. The summed E-state index contributed by atoms with van der Waals surface area (Å²) in [4.78, 5) is 12.8. The molecule has 2 heterocycles. The Morgan fingerprint density at radius 2 is 1.68 bits per heavy atom. The molecule has 6 N–H and O–H groups in total. The number of aliphatic hydroxyl groups excluding tert-OH is 4. The Morgan fingerprint density at radius 1 is 0.968 bits per heavy atom. The maximum Gasteiger partial charge on any atom is 0.229 e. The monoisotopic (exact) mass is 432 g/mol. The molecule has 5 atom stereocenters. The van der Waals surface area contributed by atoms with E-state index in [1.807, 2.05) is 0 Å². The first kappa shape index (κ1) is 21.1. The zero-order chi connectivity index (χ0) is 22.3. The number of benzene rings is 2. The second-order valence-electron chi connectivity index (χ2n) is 7.16. The fourth-order valence-electron chi connectivity index (χ4n) is 3.43. The average Bonchev–Trinajstić information content (AvgIpc) is 2.74. The van der Waals surface area contributed by atoms with E-state index in [1.54, 1.807) is 0 Å². The van der Waals surface area contributed by atoms with E-state index in [0.29, 0.717) is 5.56 Å². The SMILES string of the molecule is O=c1c(-c2ccc(O[C@H]3OC(CO)[C@H](O)C(O)C3O)cc2)coc2cc(O)cc(O)c12. The number of phenolic OH excluding ortho intramolecular Hbond substituents is 2. The number of ether oxygens (including phenoxy) is 2. The number of aromatic hydroxyl groups is 2. The zero-order valence-electron chi connectivity index (χ0n) is 16.0. The van der Waals surface area contributed by atoms with Gasteiger partial charge < -0.3 is 44.5 Å². The van der Waals surface area contributed by atoms with Gasteiger partial charge in [0.05, 0.1) is 12.2 Å². The third-order valence-electron chi connectivity index (χ3n) is 5.11. The van der Waals surface area contributed by atoms with Crippen LogP contribution in [-0.4, -0.2) is 68.0 Å². The van der Waals surface area contributed by atoms with Crippen LogP contribution < -0.4 is 10.2 Å². The predicted octanol–water partition coefficient (Wildman–Crippen LogP) is 0.0499. The average molecular weight is 432 g/mol. The fraction of sp³-hybridized carbons (Fsp3) is 0.286. The highest BCUT2D eigenvalue weighted by molar-refractivity contribution is 5.88. The van der Waals surface area contributed by atoms with E-state index in [0.717, 1.165) is 6.07 Å². The van der Waals surface area contributed by atoms with Crippen LogP contribution in [0.15, 0.2) is 51.9 Å². The largest absolute Gasteiger partial charge is 0.508 e. The Labute approximate surface area is 174 Å². The Hall–Kier alpha value is -3.15. The van der Waals surface area contributed by atoms with E-state index in [1.165, 1.54) is 36.6 Å². The lowest BCUT2D eigenvalue weighted by Crippen LogP contribution is -2.60. The molecule has 1 aliphatic heterocycles. The number of rotatable bonds is 4. The van der Waals surface area contributed by atoms with Gasteiger partial charge in [0, 0.05) is 12.1 Å². The third kappa shape index (κ3) is 3.82. The number of aliphatic hydroxyl groups is 4. The van der Waals surface area contributed by atoms with Gasteiger partial charge in [-0.05, 0) is 17.7 Å². The first-order valence-corrected chi connectivity index (χ1v) is 9.35. The fourth-order valence-corrected chi connectivity index (χ4v) is 3.43. The van der Waals surface area contributed by atoms with E-state index in [4.69, 9.17) is 13.9 Å².